The number of aryl methyl sites for hydroxylation is 1. The minimum Gasteiger partial charge on any atom is -0.339 e. The van der Waals surface area contributed by atoms with Gasteiger partial charge in [-0.25, -0.2) is 8.42 Å². The van der Waals surface area contributed by atoms with Crippen molar-refractivity contribution in [3.05, 3.63) is 29.2 Å². The second-order valence-electron chi connectivity index (χ2n) is 6.34. The summed E-state index contributed by atoms with van der Waals surface area (Å²) in [5.74, 6) is 1.60. The highest BCUT2D eigenvalue weighted by Crippen LogP contribution is 2.50. The largest absolute Gasteiger partial charge is 0.339 e. The Morgan fingerprint density at radius 1 is 1.52 bits per heavy atom. The molecule has 0 N–H and O–H groups in total. The molecule has 1 saturated carbocycles. The number of sulfonamides is 1. The molecule has 6 nitrogen and oxygen atoms in total. The lowest BCUT2D eigenvalue weighted by Gasteiger charge is -2.24. The van der Waals surface area contributed by atoms with Crippen LogP contribution >= 0.6 is 11.3 Å². The van der Waals surface area contributed by atoms with Crippen LogP contribution < -0.4 is 0 Å². The Labute approximate surface area is 139 Å². The molecule has 1 aliphatic heterocycles. The van der Waals surface area contributed by atoms with Crippen molar-refractivity contribution < 1.29 is 12.9 Å². The Morgan fingerprint density at radius 2 is 2.39 bits per heavy atom. The van der Waals surface area contributed by atoms with E-state index in [9.17, 15) is 8.42 Å². The van der Waals surface area contributed by atoms with Gasteiger partial charge in [-0.1, -0.05) is 24.6 Å². The van der Waals surface area contributed by atoms with Gasteiger partial charge in [0.1, 0.15) is 4.21 Å². The molecule has 3 heterocycles. The van der Waals surface area contributed by atoms with Gasteiger partial charge in [-0.3, -0.25) is 0 Å². The molecule has 0 aromatic carbocycles. The molecule has 8 heteroatoms. The quantitative estimate of drug-likeness (QED) is 0.844. The minimum absolute atomic E-state index is 0.277. The Balaban J connectivity index is 1.69. The molecule has 0 unspecified atom stereocenters. The zero-order valence-corrected chi connectivity index (χ0v) is 14.6. The fraction of sp³-hybridized carbons (Fsp3) is 0.600. The number of hydrogen-bond donors (Lipinski definition) is 0. The number of aromatic nitrogens is 2. The van der Waals surface area contributed by atoms with Gasteiger partial charge in [0, 0.05) is 19.5 Å². The van der Waals surface area contributed by atoms with Crippen LogP contribution in [0.25, 0.3) is 0 Å². The standard InChI is InChI=1S/C15H19N3O3S2/c1-2-12-16-14(17-21-12)15-7-3-5-11(15)9-18(10-15)23(19,20)13-6-4-8-22-13/h4,6,8,11H,2-3,5,7,9-10H2,1H3/t11-,15-/m1/s1. The average Bonchev–Trinajstić information content (AvgIpc) is 3.27. The lowest BCUT2D eigenvalue weighted by atomic mass is 9.80. The van der Waals surface area contributed by atoms with Gasteiger partial charge in [0.2, 0.25) is 5.89 Å². The zero-order chi connectivity index (χ0) is 16.1. The van der Waals surface area contributed by atoms with E-state index in [1.165, 1.54) is 11.3 Å². The molecule has 2 fully saturated rings. The number of nitrogens with zero attached hydrogens (tertiary/aromatic N) is 3. The second kappa shape index (κ2) is 5.39. The van der Waals surface area contributed by atoms with Crippen LogP contribution in [0.5, 0.6) is 0 Å². The average molecular weight is 353 g/mol. The molecule has 2 aromatic heterocycles. The van der Waals surface area contributed by atoms with E-state index < -0.39 is 10.0 Å². The third-order valence-electron chi connectivity index (χ3n) is 5.14. The summed E-state index contributed by atoms with van der Waals surface area (Å²) in [5.41, 5.74) is -0.277. The second-order valence-corrected chi connectivity index (χ2v) is 9.45. The van der Waals surface area contributed by atoms with E-state index in [1.807, 2.05) is 6.92 Å². The van der Waals surface area contributed by atoms with E-state index in [1.54, 1.807) is 21.8 Å². The first kappa shape index (κ1) is 15.3. The van der Waals surface area contributed by atoms with Crippen LogP contribution in [-0.4, -0.2) is 36.0 Å². The lowest BCUT2D eigenvalue weighted by molar-refractivity contribution is 0.329. The molecule has 0 spiro atoms. The normalized spacial score (nSPS) is 28.3. The van der Waals surface area contributed by atoms with E-state index in [4.69, 9.17) is 4.52 Å². The fourth-order valence-corrected chi connectivity index (χ4v) is 6.63. The van der Waals surface area contributed by atoms with Gasteiger partial charge in [-0.05, 0) is 30.2 Å². The van der Waals surface area contributed by atoms with Crippen molar-refractivity contribution >= 4 is 21.4 Å². The molecule has 23 heavy (non-hydrogen) atoms. The number of rotatable bonds is 4. The van der Waals surface area contributed by atoms with Crippen molar-refractivity contribution in [3.8, 4) is 0 Å². The third-order valence-corrected chi connectivity index (χ3v) is 8.33. The molecule has 0 amide bonds. The third kappa shape index (κ3) is 2.27. The number of hydrogen-bond acceptors (Lipinski definition) is 6. The molecule has 0 radical (unpaired) electrons. The monoisotopic (exact) mass is 353 g/mol. The topological polar surface area (TPSA) is 76.3 Å². The maximum absolute atomic E-state index is 12.8. The van der Waals surface area contributed by atoms with Crippen molar-refractivity contribution in [3.63, 3.8) is 0 Å². The SMILES string of the molecule is CCc1nc([C@@]23CCC[C@@H]2CN(S(=O)(=O)c2cccs2)C3)no1. The Hall–Kier alpha value is -1.25. The predicted octanol–water partition coefficient (Wildman–Crippen LogP) is 2.44. The van der Waals surface area contributed by atoms with Crippen LogP contribution in [-0.2, 0) is 21.9 Å². The van der Waals surface area contributed by atoms with Crippen LogP contribution in [0.2, 0.25) is 0 Å². The summed E-state index contributed by atoms with van der Waals surface area (Å²) in [7, 11) is -3.42. The van der Waals surface area contributed by atoms with E-state index >= 15 is 0 Å². The van der Waals surface area contributed by atoms with Gasteiger partial charge in [-0.15, -0.1) is 11.3 Å². The molecule has 4 rings (SSSR count). The highest BCUT2D eigenvalue weighted by Gasteiger charge is 2.56. The van der Waals surface area contributed by atoms with Crippen molar-refractivity contribution in [2.24, 2.45) is 5.92 Å². The van der Waals surface area contributed by atoms with E-state index in [-0.39, 0.29) is 11.3 Å². The van der Waals surface area contributed by atoms with Gasteiger partial charge in [0.15, 0.2) is 5.82 Å². The summed E-state index contributed by atoms with van der Waals surface area (Å²) in [6.07, 6.45) is 3.74. The maximum atomic E-state index is 12.8. The van der Waals surface area contributed by atoms with E-state index in [0.717, 1.165) is 19.3 Å². The number of thiophene rings is 1. The summed E-state index contributed by atoms with van der Waals surface area (Å²) in [4.78, 5) is 4.53. The fourth-order valence-electron chi connectivity index (χ4n) is 3.93. The number of fused-ring (bicyclic) bond motifs is 1. The summed E-state index contributed by atoms with van der Waals surface area (Å²) in [6.45, 7) is 2.99. The van der Waals surface area contributed by atoms with E-state index in [0.29, 0.717) is 35.4 Å². The van der Waals surface area contributed by atoms with Gasteiger partial charge in [0.05, 0.1) is 5.41 Å². The molecule has 1 aliphatic carbocycles. The van der Waals surface area contributed by atoms with Crippen LogP contribution in [0.1, 0.15) is 37.9 Å². The van der Waals surface area contributed by atoms with Crippen molar-refractivity contribution in [1.29, 1.82) is 0 Å². The van der Waals surface area contributed by atoms with Gasteiger partial charge in [0.25, 0.3) is 10.0 Å². The van der Waals surface area contributed by atoms with Crippen molar-refractivity contribution in [2.45, 2.75) is 42.2 Å². The first-order chi connectivity index (χ1) is 11.1. The summed E-state index contributed by atoms with van der Waals surface area (Å²) >= 11 is 1.27. The molecule has 2 aliphatic rings. The molecule has 0 bridgehead atoms. The molecule has 124 valence electrons. The molecule has 1 saturated heterocycles. The van der Waals surface area contributed by atoms with E-state index in [2.05, 4.69) is 10.1 Å². The molecular formula is C15H19N3O3S2. The Morgan fingerprint density at radius 3 is 3.09 bits per heavy atom. The predicted molar refractivity (Wildman–Crippen MR) is 85.8 cm³/mol. The molecule has 2 atom stereocenters. The maximum Gasteiger partial charge on any atom is 0.252 e. The van der Waals surface area contributed by atoms with Gasteiger partial charge in [-0.2, -0.15) is 9.29 Å². The smallest absolute Gasteiger partial charge is 0.252 e. The minimum atomic E-state index is -3.42. The Kier molecular flexibility index (Phi) is 3.58. The summed E-state index contributed by atoms with van der Waals surface area (Å²) in [5, 5.41) is 5.97. The Bertz CT molecular complexity index is 800. The van der Waals surface area contributed by atoms with Crippen LogP contribution in [0.3, 0.4) is 0 Å². The van der Waals surface area contributed by atoms with Gasteiger partial charge >= 0.3 is 0 Å². The summed E-state index contributed by atoms with van der Waals surface area (Å²) < 4.78 is 33.0. The van der Waals surface area contributed by atoms with Crippen LogP contribution in [0, 0.1) is 5.92 Å². The summed E-state index contributed by atoms with van der Waals surface area (Å²) in [6, 6.07) is 3.45. The first-order valence-electron chi connectivity index (χ1n) is 7.93. The van der Waals surface area contributed by atoms with Crippen molar-refractivity contribution in [2.75, 3.05) is 13.1 Å². The first-order valence-corrected chi connectivity index (χ1v) is 10.2. The molecular weight excluding hydrogens is 334 g/mol. The molecule has 2 aromatic rings. The highest BCUT2D eigenvalue weighted by molar-refractivity contribution is 7.91. The van der Waals surface area contributed by atoms with Crippen molar-refractivity contribution in [1.82, 2.24) is 14.4 Å². The highest BCUT2D eigenvalue weighted by atomic mass is 32.2. The van der Waals surface area contributed by atoms with Crippen LogP contribution in [0.4, 0.5) is 0 Å². The van der Waals surface area contributed by atoms with Crippen LogP contribution in [0.15, 0.2) is 26.2 Å². The zero-order valence-electron chi connectivity index (χ0n) is 12.9. The van der Waals surface area contributed by atoms with Gasteiger partial charge < -0.3 is 4.52 Å². The lowest BCUT2D eigenvalue weighted by Crippen LogP contribution is -2.35.